The second-order valence-corrected chi connectivity index (χ2v) is 4.44. The number of halogens is 3. The lowest BCUT2D eigenvalue weighted by molar-refractivity contribution is 0.122. The first-order chi connectivity index (χ1) is 8.47. The summed E-state index contributed by atoms with van der Waals surface area (Å²) in [4.78, 5) is 0. The maximum atomic E-state index is 12.2. The van der Waals surface area contributed by atoms with Gasteiger partial charge in [-0.3, -0.25) is 4.68 Å². The minimum atomic E-state index is -2.43. The standard InChI is InChI=1S/C12H12ClF2N3/c1-7-2-10(13)9(3-11(7)16)8-4-17-18(5-8)6-12(14)15/h2-5,12H,6,16H2,1H3. The fourth-order valence-electron chi connectivity index (χ4n) is 1.65. The molecule has 96 valence electrons. The maximum absolute atomic E-state index is 12.2. The molecule has 1 aromatic heterocycles. The van der Waals surface area contributed by atoms with E-state index in [4.69, 9.17) is 17.3 Å². The van der Waals surface area contributed by atoms with Crippen LogP contribution in [0.25, 0.3) is 11.1 Å². The zero-order chi connectivity index (χ0) is 13.3. The molecule has 0 fully saturated rings. The highest BCUT2D eigenvalue weighted by molar-refractivity contribution is 6.33. The number of hydrogen-bond acceptors (Lipinski definition) is 2. The number of benzene rings is 1. The molecule has 2 N–H and O–H groups in total. The van der Waals surface area contributed by atoms with Crippen molar-refractivity contribution in [3.63, 3.8) is 0 Å². The molecular formula is C12H12ClF2N3. The van der Waals surface area contributed by atoms with Crippen molar-refractivity contribution >= 4 is 17.3 Å². The highest BCUT2D eigenvalue weighted by Gasteiger charge is 2.10. The van der Waals surface area contributed by atoms with Gasteiger partial charge in [-0.2, -0.15) is 5.10 Å². The fourth-order valence-corrected chi connectivity index (χ4v) is 1.98. The van der Waals surface area contributed by atoms with Crippen molar-refractivity contribution in [1.29, 1.82) is 0 Å². The summed E-state index contributed by atoms with van der Waals surface area (Å²) in [6.45, 7) is 1.42. The number of nitrogens with two attached hydrogens (primary N) is 1. The molecule has 1 heterocycles. The number of anilines is 1. The van der Waals surface area contributed by atoms with Crippen LogP contribution >= 0.6 is 11.6 Å². The Bertz CT molecular complexity index is 566. The minimum absolute atomic E-state index is 0.432. The summed E-state index contributed by atoms with van der Waals surface area (Å²) in [6.07, 6.45) is 0.594. The highest BCUT2D eigenvalue weighted by Crippen LogP contribution is 2.31. The summed E-state index contributed by atoms with van der Waals surface area (Å²) in [7, 11) is 0. The predicted octanol–water partition coefficient (Wildman–Crippen LogP) is 3.36. The maximum Gasteiger partial charge on any atom is 0.257 e. The SMILES string of the molecule is Cc1cc(Cl)c(-c2cnn(CC(F)F)c2)cc1N. The lowest BCUT2D eigenvalue weighted by atomic mass is 10.1. The van der Waals surface area contributed by atoms with Crippen molar-refractivity contribution < 1.29 is 8.78 Å². The zero-order valence-electron chi connectivity index (χ0n) is 9.70. The van der Waals surface area contributed by atoms with E-state index in [1.54, 1.807) is 12.1 Å². The van der Waals surface area contributed by atoms with Crippen LogP contribution in [0.5, 0.6) is 0 Å². The summed E-state index contributed by atoms with van der Waals surface area (Å²) < 4.78 is 25.6. The number of aryl methyl sites for hydroxylation is 1. The number of hydrogen-bond donors (Lipinski definition) is 1. The second kappa shape index (κ2) is 4.94. The topological polar surface area (TPSA) is 43.8 Å². The molecule has 0 aliphatic heterocycles. The van der Waals surface area contributed by atoms with E-state index in [0.717, 1.165) is 5.56 Å². The van der Waals surface area contributed by atoms with Gasteiger partial charge in [0, 0.05) is 28.0 Å². The summed E-state index contributed by atoms with van der Waals surface area (Å²) in [5, 5.41) is 4.39. The number of nitrogens with zero attached hydrogens (tertiary/aromatic N) is 2. The van der Waals surface area contributed by atoms with Gasteiger partial charge in [-0.1, -0.05) is 11.6 Å². The average Bonchev–Trinajstić information content (AvgIpc) is 2.70. The van der Waals surface area contributed by atoms with Crippen LogP contribution in [-0.2, 0) is 6.54 Å². The van der Waals surface area contributed by atoms with Crippen LogP contribution in [0.3, 0.4) is 0 Å². The van der Waals surface area contributed by atoms with Gasteiger partial charge in [0.1, 0.15) is 6.54 Å². The minimum Gasteiger partial charge on any atom is -0.398 e. The Morgan fingerprint density at radius 1 is 1.44 bits per heavy atom. The number of aromatic nitrogens is 2. The highest BCUT2D eigenvalue weighted by atomic mass is 35.5. The van der Waals surface area contributed by atoms with Crippen molar-refractivity contribution in [1.82, 2.24) is 9.78 Å². The Labute approximate surface area is 108 Å². The van der Waals surface area contributed by atoms with Crippen molar-refractivity contribution in [3.8, 4) is 11.1 Å². The summed E-state index contributed by atoms with van der Waals surface area (Å²) in [5.74, 6) is 0. The van der Waals surface area contributed by atoms with Crippen LogP contribution in [0.4, 0.5) is 14.5 Å². The van der Waals surface area contributed by atoms with Gasteiger partial charge in [-0.25, -0.2) is 8.78 Å². The molecule has 6 heteroatoms. The summed E-state index contributed by atoms with van der Waals surface area (Å²) >= 11 is 6.11. The Morgan fingerprint density at radius 2 is 2.17 bits per heavy atom. The van der Waals surface area contributed by atoms with Crippen LogP contribution in [0.2, 0.25) is 5.02 Å². The van der Waals surface area contributed by atoms with Gasteiger partial charge in [0.2, 0.25) is 0 Å². The smallest absolute Gasteiger partial charge is 0.257 e. The van der Waals surface area contributed by atoms with E-state index < -0.39 is 13.0 Å². The van der Waals surface area contributed by atoms with Crippen molar-refractivity contribution in [3.05, 3.63) is 35.1 Å². The number of nitrogen functional groups attached to an aromatic ring is 1. The first-order valence-electron chi connectivity index (χ1n) is 5.34. The molecule has 0 saturated carbocycles. The normalized spacial score (nSPS) is 11.2. The Balaban J connectivity index is 2.37. The first kappa shape index (κ1) is 12.8. The van der Waals surface area contributed by atoms with E-state index in [2.05, 4.69) is 5.10 Å². The molecule has 0 amide bonds. The van der Waals surface area contributed by atoms with Crippen LogP contribution in [-0.4, -0.2) is 16.2 Å². The second-order valence-electron chi connectivity index (χ2n) is 4.03. The molecule has 0 spiro atoms. The van der Waals surface area contributed by atoms with Gasteiger partial charge in [0.05, 0.1) is 6.20 Å². The predicted molar refractivity (Wildman–Crippen MR) is 67.8 cm³/mol. The zero-order valence-corrected chi connectivity index (χ0v) is 10.5. The molecule has 0 aliphatic rings. The van der Waals surface area contributed by atoms with Crippen LogP contribution in [0.1, 0.15) is 5.56 Å². The van der Waals surface area contributed by atoms with Gasteiger partial charge in [-0.15, -0.1) is 0 Å². The van der Waals surface area contributed by atoms with Gasteiger partial charge < -0.3 is 5.73 Å². The third kappa shape index (κ3) is 2.61. The quantitative estimate of drug-likeness (QED) is 0.870. The molecule has 0 atom stereocenters. The Kier molecular flexibility index (Phi) is 3.52. The van der Waals surface area contributed by atoms with Gasteiger partial charge in [0.15, 0.2) is 0 Å². The van der Waals surface area contributed by atoms with E-state index in [1.807, 2.05) is 6.92 Å². The van der Waals surface area contributed by atoms with E-state index in [-0.39, 0.29) is 0 Å². The third-order valence-corrected chi connectivity index (χ3v) is 2.94. The molecule has 0 unspecified atom stereocenters. The molecule has 3 nitrogen and oxygen atoms in total. The first-order valence-corrected chi connectivity index (χ1v) is 5.71. The lowest BCUT2D eigenvalue weighted by Crippen LogP contribution is -2.06. The monoisotopic (exact) mass is 271 g/mol. The lowest BCUT2D eigenvalue weighted by Gasteiger charge is -2.06. The molecule has 2 aromatic rings. The molecule has 18 heavy (non-hydrogen) atoms. The fraction of sp³-hybridized carbons (Fsp3) is 0.250. The van der Waals surface area contributed by atoms with E-state index in [0.29, 0.717) is 21.8 Å². The Morgan fingerprint density at radius 3 is 2.83 bits per heavy atom. The molecule has 1 aromatic carbocycles. The third-order valence-electron chi connectivity index (χ3n) is 2.63. The van der Waals surface area contributed by atoms with Gasteiger partial charge in [-0.05, 0) is 24.6 Å². The van der Waals surface area contributed by atoms with Crippen molar-refractivity contribution in [2.45, 2.75) is 19.9 Å². The van der Waals surface area contributed by atoms with Crippen LogP contribution in [0.15, 0.2) is 24.5 Å². The average molecular weight is 272 g/mol. The largest absolute Gasteiger partial charge is 0.398 e. The number of rotatable bonds is 3. The molecular weight excluding hydrogens is 260 g/mol. The summed E-state index contributed by atoms with van der Waals surface area (Å²) in [6, 6.07) is 3.47. The van der Waals surface area contributed by atoms with Crippen LogP contribution < -0.4 is 5.73 Å². The van der Waals surface area contributed by atoms with Crippen LogP contribution in [0, 0.1) is 6.92 Å². The van der Waals surface area contributed by atoms with E-state index in [1.165, 1.54) is 17.1 Å². The molecule has 0 radical (unpaired) electrons. The summed E-state index contributed by atoms with van der Waals surface area (Å²) in [5.41, 5.74) is 8.66. The molecule has 0 aliphatic carbocycles. The Hall–Kier alpha value is -1.62. The molecule has 0 saturated heterocycles. The van der Waals surface area contributed by atoms with Gasteiger partial charge in [0.25, 0.3) is 6.43 Å². The van der Waals surface area contributed by atoms with Crippen molar-refractivity contribution in [2.24, 2.45) is 0 Å². The van der Waals surface area contributed by atoms with E-state index in [9.17, 15) is 8.78 Å². The number of alkyl halides is 2. The molecule has 0 bridgehead atoms. The van der Waals surface area contributed by atoms with Crippen molar-refractivity contribution in [2.75, 3.05) is 5.73 Å². The van der Waals surface area contributed by atoms with Gasteiger partial charge >= 0.3 is 0 Å². The molecule has 2 rings (SSSR count). The van der Waals surface area contributed by atoms with E-state index >= 15 is 0 Å².